The molecule has 0 bridgehead atoms. The van der Waals surface area contributed by atoms with Crippen molar-refractivity contribution in [1.29, 1.82) is 0 Å². The first kappa shape index (κ1) is 17.6. The molecule has 21 heavy (non-hydrogen) atoms. The first-order valence-corrected chi connectivity index (χ1v) is 8.21. The van der Waals surface area contributed by atoms with Gasteiger partial charge in [0, 0.05) is 13.6 Å². The van der Waals surface area contributed by atoms with Crippen LogP contribution in [0.25, 0.3) is 0 Å². The van der Waals surface area contributed by atoms with E-state index in [0.717, 1.165) is 18.6 Å². The molecule has 0 saturated carbocycles. The van der Waals surface area contributed by atoms with E-state index in [9.17, 15) is 17.6 Å². The van der Waals surface area contributed by atoms with Crippen molar-refractivity contribution in [2.75, 3.05) is 13.6 Å². The molecular weight excluding hydrogens is 295 g/mol. The Kier molecular flexibility index (Phi) is 5.47. The topological polar surface area (TPSA) is 80.5 Å². The zero-order chi connectivity index (χ0) is 16.4. The Morgan fingerprint density at radius 3 is 2.48 bits per heavy atom. The average molecular weight is 316 g/mol. The van der Waals surface area contributed by atoms with Crippen LogP contribution in [0.1, 0.15) is 36.2 Å². The molecule has 0 aliphatic carbocycles. The Morgan fingerprint density at radius 2 is 2.00 bits per heavy atom. The number of carbonyl (C=O) groups is 1. The number of rotatable bonds is 5. The number of sulfonamides is 1. The molecule has 1 aromatic carbocycles. The summed E-state index contributed by atoms with van der Waals surface area (Å²) in [5.74, 6) is -1.01. The summed E-state index contributed by atoms with van der Waals surface area (Å²) in [5.41, 5.74) is -0.202. The molecule has 118 valence electrons. The van der Waals surface area contributed by atoms with Gasteiger partial charge in [-0.1, -0.05) is 20.3 Å². The molecule has 7 heteroatoms. The third-order valence-electron chi connectivity index (χ3n) is 3.42. The van der Waals surface area contributed by atoms with Gasteiger partial charge in [0.05, 0.1) is 10.5 Å². The first-order valence-electron chi connectivity index (χ1n) is 6.66. The first-order chi connectivity index (χ1) is 9.57. The summed E-state index contributed by atoms with van der Waals surface area (Å²) in [6.07, 6.45) is 0.885. The van der Waals surface area contributed by atoms with E-state index in [-0.39, 0.29) is 21.9 Å². The molecular formula is C14H21FN2O3S. The van der Waals surface area contributed by atoms with Crippen molar-refractivity contribution in [1.82, 2.24) is 4.90 Å². The van der Waals surface area contributed by atoms with Crippen LogP contribution in [0, 0.1) is 18.7 Å². The number of carbonyl (C=O) groups excluding carboxylic acids is 1. The Balaban J connectivity index is 3.23. The number of hydrogen-bond acceptors (Lipinski definition) is 3. The molecule has 0 aromatic heterocycles. The van der Waals surface area contributed by atoms with E-state index in [4.69, 9.17) is 5.14 Å². The molecule has 1 atom stereocenters. The maximum Gasteiger partial charge on any atom is 0.256 e. The van der Waals surface area contributed by atoms with E-state index in [2.05, 4.69) is 0 Å². The molecule has 5 nitrogen and oxygen atoms in total. The molecule has 0 heterocycles. The quantitative estimate of drug-likeness (QED) is 0.901. The molecule has 0 radical (unpaired) electrons. The van der Waals surface area contributed by atoms with Crippen LogP contribution in [0.3, 0.4) is 0 Å². The zero-order valence-corrected chi connectivity index (χ0v) is 13.5. The van der Waals surface area contributed by atoms with Crippen molar-refractivity contribution in [3.8, 4) is 0 Å². The van der Waals surface area contributed by atoms with Gasteiger partial charge in [0.1, 0.15) is 5.82 Å². The fourth-order valence-electron chi connectivity index (χ4n) is 1.94. The summed E-state index contributed by atoms with van der Waals surface area (Å²) in [4.78, 5) is 13.4. The predicted molar refractivity (Wildman–Crippen MR) is 78.9 cm³/mol. The predicted octanol–water partition coefficient (Wildman–Crippen LogP) is 1.90. The normalized spacial score (nSPS) is 13.0. The number of amides is 1. The largest absolute Gasteiger partial charge is 0.341 e. The number of nitrogens with zero attached hydrogens (tertiary/aromatic N) is 1. The summed E-state index contributed by atoms with van der Waals surface area (Å²) in [5, 5.41) is 5.05. The standard InChI is InChI=1S/C14H21FN2O3S/c1-5-9(2)8-17(4)14(18)12-7-11(21(16,19)20)6-10(3)13(12)15/h6-7,9H,5,8H2,1-4H3,(H2,16,19,20). The van der Waals surface area contributed by atoms with Gasteiger partial charge in [0.25, 0.3) is 5.91 Å². The molecule has 0 fully saturated rings. The molecule has 1 rings (SSSR count). The third-order valence-corrected chi connectivity index (χ3v) is 4.31. The van der Waals surface area contributed by atoms with Crippen LogP contribution in [0.2, 0.25) is 0 Å². The lowest BCUT2D eigenvalue weighted by Crippen LogP contribution is -2.32. The highest BCUT2D eigenvalue weighted by atomic mass is 32.2. The maximum absolute atomic E-state index is 14.1. The minimum Gasteiger partial charge on any atom is -0.341 e. The van der Waals surface area contributed by atoms with Crippen LogP contribution < -0.4 is 5.14 Å². The van der Waals surface area contributed by atoms with Crippen molar-refractivity contribution in [3.63, 3.8) is 0 Å². The van der Waals surface area contributed by atoms with Gasteiger partial charge < -0.3 is 4.90 Å². The van der Waals surface area contributed by atoms with Crippen LogP contribution in [0.15, 0.2) is 17.0 Å². The number of hydrogen-bond donors (Lipinski definition) is 1. The smallest absolute Gasteiger partial charge is 0.256 e. The van der Waals surface area contributed by atoms with E-state index < -0.39 is 21.7 Å². The SMILES string of the molecule is CCC(C)CN(C)C(=O)c1cc(S(N)(=O)=O)cc(C)c1F. The third kappa shape index (κ3) is 4.25. The summed E-state index contributed by atoms with van der Waals surface area (Å²) in [6.45, 7) is 5.84. The fraction of sp³-hybridized carbons (Fsp3) is 0.500. The van der Waals surface area contributed by atoms with Gasteiger partial charge in [-0.05, 0) is 30.5 Å². The molecule has 1 amide bonds. The molecule has 0 aliphatic heterocycles. The molecule has 0 saturated heterocycles. The highest BCUT2D eigenvalue weighted by molar-refractivity contribution is 7.89. The van der Waals surface area contributed by atoms with Gasteiger partial charge >= 0.3 is 0 Å². The Hall–Kier alpha value is -1.47. The van der Waals surface area contributed by atoms with Crippen molar-refractivity contribution in [2.45, 2.75) is 32.1 Å². The van der Waals surface area contributed by atoms with E-state index in [1.165, 1.54) is 11.8 Å². The number of aryl methyl sites for hydroxylation is 1. The Labute approximate surface area is 125 Å². The van der Waals surface area contributed by atoms with Crippen LogP contribution in [-0.4, -0.2) is 32.8 Å². The van der Waals surface area contributed by atoms with Crippen LogP contribution in [0.4, 0.5) is 4.39 Å². The van der Waals surface area contributed by atoms with Gasteiger partial charge in [-0.15, -0.1) is 0 Å². The summed E-state index contributed by atoms with van der Waals surface area (Å²) < 4.78 is 36.9. The molecule has 1 aromatic rings. The van der Waals surface area contributed by atoms with Gasteiger partial charge in [0.15, 0.2) is 0 Å². The van der Waals surface area contributed by atoms with Crippen molar-refractivity contribution < 1.29 is 17.6 Å². The van der Waals surface area contributed by atoms with Crippen molar-refractivity contribution >= 4 is 15.9 Å². The highest BCUT2D eigenvalue weighted by Gasteiger charge is 2.22. The van der Waals surface area contributed by atoms with E-state index in [1.54, 1.807) is 7.05 Å². The molecule has 0 aliphatic rings. The number of nitrogens with two attached hydrogens (primary N) is 1. The minimum atomic E-state index is -3.99. The number of halogens is 1. The van der Waals surface area contributed by atoms with E-state index in [1.807, 2.05) is 13.8 Å². The van der Waals surface area contributed by atoms with E-state index >= 15 is 0 Å². The second-order valence-corrected chi connectivity index (χ2v) is 6.91. The van der Waals surface area contributed by atoms with Crippen molar-refractivity contribution in [3.05, 3.63) is 29.1 Å². The van der Waals surface area contributed by atoms with Crippen LogP contribution >= 0.6 is 0 Å². The molecule has 0 spiro atoms. The Bertz CT molecular complexity index is 644. The lowest BCUT2D eigenvalue weighted by Gasteiger charge is -2.21. The number of primary sulfonamides is 1. The minimum absolute atomic E-state index is 0.0711. The lowest BCUT2D eigenvalue weighted by molar-refractivity contribution is 0.0769. The van der Waals surface area contributed by atoms with Gasteiger partial charge in [0.2, 0.25) is 10.0 Å². The number of benzene rings is 1. The maximum atomic E-state index is 14.1. The zero-order valence-electron chi connectivity index (χ0n) is 12.7. The van der Waals surface area contributed by atoms with Crippen LogP contribution in [0.5, 0.6) is 0 Å². The van der Waals surface area contributed by atoms with Gasteiger partial charge in [-0.2, -0.15) is 0 Å². The fourth-order valence-corrected chi connectivity index (χ4v) is 2.56. The summed E-state index contributed by atoms with van der Waals surface area (Å²) in [7, 11) is -2.43. The monoisotopic (exact) mass is 316 g/mol. The van der Waals surface area contributed by atoms with Gasteiger partial charge in [-0.3, -0.25) is 4.79 Å². The van der Waals surface area contributed by atoms with Gasteiger partial charge in [-0.25, -0.2) is 17.9 Å². The Morgan fingerprint density at radius 1 is 1.43 bits per heavy atom. The second kappa shape index (κ2) is 6.53. The van der Waals surface area contributed by atoms with E-state index in [0.29, 0.717) is 6.54 Å². The lowest BCUT2D eigenvalue weighted by atomic mass is 10.1. The molecule has 2 N–H and O–H groups in total. The average Bonchev–Trinajstić information content (AvgIpc) is 2.39. The van der Waals surface area contributed by atoms with Crippen LogP contribution in [-0.2, 0) is 10.0 Å². The second-order valence-electron chi connectivity index (χ2n) is 5.35. The molecule has 1 unspecified atom stereocenters. The summed E-state index contributed by atoms with van der Waals surface area (Å²) >= 11 is 0. The highest BCUT2D eigenvalue weighted by Crippen LogP contribution is 2.20. The van der Waals surface area contributed by atoms with Crippen molar-refractivity contribution in [2.24, 2.45) is 11.1 Å². The summed E-state index contributed by atoms with van der Waals surface area (Å²) in [6, 6.07) is 2.11.